The van der Waals surface area contributed by atoms with Crippen LogP contribution in [0.25, 0.3) is 0 Å². The first kappa shape index (κ1) is 14.7. The van der Waals surface area contributed by atoms with Crippen molar-refractivity contribution in [1.29, 1.82) is 0 Å². The van der Waals surface area contributed by atoms with Crippen molar-refractivity contribution >= 4 is 6.03 Å². The number of hydrogen-bond acceptors (Lipinski definition) is 2. The lowest BCUT2D eigenvalue weighted by atomic mass is 9.90. The average Bonchev–Trinajstić information content (AvgIpc) is 2.90. The number of aromatic nitrogens is 2. The van der Waals surface area contributed by atoms with Crippen LogP contribution in [0.3, 0.4) is 0 Å². The minimum atomic E-state index is -4.40. The van der Waals surface area contributed by atoms with Crippen molar-refractivity contribution in [3.8, 4) is 0 Å². The first-order valence-corrected chi connectivity index (χ1v) is 6.56. The van der Waals surface area contributed by atoms with Crippen LogP contribution in [-0.4, -0.2) is 34.6 Å². The van der Waals surface area contributed by atoms with Gasteiger partial charge in [0.2, 0.25) is 0 Å². The van der Waals surface area contributed by atoms with E-state index in [1.54, 1.807) is 23.1 Å². The fourth-order valence-electron chi connectivity index (χ4n) is 2.47. The predicted octanol–water partition coefficient (Wildman–Crippen LogP) is 2.23. The number of alkyl halides is 3. The summed E-state index contributed by atoms with van der Waals surface area (Å²) in [4.78, 5) is 11.5. The summed E-state index contributed by atoms with van der Waals surface area (Å²) in [6.45, 7) is -1.32. The Morgan fingerprint density at radius 3 is 2.75 bits per heavy atom. The molecule has 0 aromatic carbocycles. The van der Waals surface area contributed by atoms with Crippen LogP contribution in [0.15, 0.2) is 18.5 Å². The van der Waals surface area contributed by atoms with Crippen molar-refractivity contribution in [2.24, 2.45) is 0 Å². The normalized spacial score (nSPS) is 23.4. The molecular weight excluding hydrogens is 273 g/mol. The van der Waals surface area contributed by atoms with Crippen molar-refractivity contribution in [3.05, 3.63) is 18.5 Å². The molecule has 0 unspecified atom stereocenters. The smallest absolute Gasteiger partial charge is 0.333 e. The zero-order valence-corrected chi connectivity index (χ0v) is 10.9. The highest BCUT2D eigenvalue weighted by Crippen LogP contribution is 2.28. The van der Waals surface area contributed by atoms with E-state index in [-0.39, 0.29) is 12.1 Å². The number of halogens is 3. The van der Waals surface area contributed by atoms with Crippen molar-refractivity contribution in [3.63, 3.8) is 0 Å². The molecule has 8 heteroatoms. The van der Waals surface area contributed by atoms with E-state index in [4.69, 9.17) is 0 Å². The molecule has 2 atom stereocenters. The van der Waals surface area contributed by atoms with Gasteiger partial charge in [0, 0.05) is 12.4 Å². The predicted molar refractivity (Wildman–Crippen MR) is 66.1 cm³/mol. The van der Waals surface area contributed by atoms with Gasteiger partial charge in [-0.1, -0.05) is 12.8 Å². The summed E-state index contributed by atoms with van der Waals surface area (Å²) in [5.74, 6) is 0. The number of nitrogens with zero attached hydrogens (tertiary/aromatic N) is 2. The summed E-state index contributed by atoms with van der Waals surface area (Å²) in [5.41, 5.74) is 0. The van der Waals surface area contributed by atoms with Crippen LogP contribution in [0.4, 0.5) is 18.0 Å². The largest absolute Gasteiger partial charge is 0.405 e. The maximum Gasteiger partial charge on any atom is 0.405 e. The molecule has 20 heavy (non-hydrogen) atoms. The van der Waals surface area contributed by atoms with Crippen molar-refractivity contribution < 1.29 is 18.0 Å². The van der Waals surface area contributed by atoms with Gasteiger partial charge in [-0.05, 0) is 18.9 Å². The maximum absolute atomic E-state index is 12.0. The fourth-order valence-corrected chi connectivity index (χ4v) is 2.47. The second-order valence-electron chi connectivity index (χ2n) is 4.89. The summed E-state index contributed by atoms with van der Waals surface area (Å²) in [6.07, 6.45) is 2.61. The molecule has 1 fully saturated rings. The molecule has 2 rings (SSSR count). The molecule has 0 bridgehead atoms. The van der Waals surface area contributed by atoms with E-state index < -0.39 is 18.8 Å². The molecule has 0 spiro atoms. The van der Waals surface area contributed by atoms with Gasteiger partial charge in [0.15, 0.2) is 0 Å². The van der Waals surface area contributed by atoms with E-state index in [2.05, 4.69) is 10.4 Å². The number of carbonyl (C=O) groups excluding carboxylic acids is 1. The van der Waals surface area contributed by atoms with Crippen molar-refractivity contribution in [1.82, 2.24) is 20.4 Å². The van der Waals surface area contributed by atoms with E-state index in [1.807, 2.05) is 5.32 Å². The Labute approximate surface area is 114 Å². The number of nitrogens with one attached hydrogen (secondary N) is 2. The third-order valence-corrected chi connectivity index (χ3v) is 3.36. The third kappa shape index (κ3) is 4.14. The Kier molecular flexibility index (Phi) is 4.51. The second kappa shape index (κ2) is 6.15. The van der Waals surface area contributed by atoms with E-state index >= 15 is 0 Å². The van der Waals surface area contributed by atoms with Gasteiger partial charge >= 0.3 is 12.2 Å². The number of hydrogen-bond donors (Lipinski definition) is 2. The summed E-state index contributed by atoms with van der Waals surface area (Å²) >= 11 is 0. The Bertz CT molecular complexity index is 432. The fraction of sp³-hybridized carbons (Fsp3) is 0.667. The summed E-state index contributed by atoms with van der Waals surface area (Å²) in [5, 5.41) is 8.60. The summed E-state index contributed by atoms with van der Waals surface area (Å²) in [7, 11) is 0. The Balaban J connectivity index is 1.90. The highest BCUT2D eigenvalue weighted by Gasteiger charge is 2.30. The van der Waals surface area contributed by atoms with Crippen LogP contribution < -0.4 is 10.6 Å². The molecule has 112 valence electrons. The highest BCUT2D eigenvalue weighted by molar-refractivity contribution is 5.74. The van der Waals surface area contributed by atoms with E-state index in [1.165, 1.54) is 0 Å². The summed E-state index contributed by atoms with van der Waals surface area (Å²) in [6, 6.07) is 0.800. The Hall–Kier alpha value is -1.73. The standard InChI is InChI=1S/C12H17F3N4O/c13-12(14,15)8-16-11(20)18-9-4-1-2-5-10(9)19-7-3-6-17-19/h3,6-7,9-10H,1-2,4-5,8H2,(H2,16,18,20)/t9-,10+/m0/s1. The molecule has 0 saturated heterocycles. The minimum absolute atomic E-state index is 0.00427. The first-order chi connectivity index (χ1) is 9.46. The molecular formula is C12H17F3N4O. The average molecular weight is 290 g/mol. The van der Waals surface area contributed by atoms with Gasteiger partial charge in [-0.25, -0.2) is 4.79 Å². The molecule has 2 N–H and O–H groups in total. The van der Waals surface area contributed by atoms with Gasteiger partial charge < -0.3 is 10.6 Å². The van der Waals surface area contributed by atoms with E-state index in [0.29, 0.717) is 0 Å². The lowest BCUT2D eigenvalue weighted by molar-refractivity contribution is -0.122. The van der Waals surface area contributed by atoms with Crippen LogP contribution in [0, 0.1) is 0 Å². The molecule has 0 aliphatic heterocycles. The number of amides is 2. The number of urea groups is 1. The molecule has 5 nitrogen and oxygen atoms in total. The van der Waals surface area contributed by atoms with Crippen molar-refractivity contribution in [2.45, 2.75) is 43.9 Å². The molecule has 1 saturated carbocycles. The Morgan fingerprint density at radius 1 is 1.35 bits per heavy atom. The van der Waals surface area contributed by atoms with Crippen LogP contribution in [0.2, 0.25) is 0 Å². The van der Waals surface area contributed by atoms with Gasteiger partial charge in [0.1, 0.15) is 6.54 Å². The van der Waals surface area contributed by atoms with Gasteiger partial charge in [-0.3, -0.25) is 4.68 Å². The second-order valence-corrected chi connectivity index (χ2v) is 4.89. The van der Waals surface area contributed by atoms with Gasteiger partial charge in [0.05, 0.1) is 12.1 Å². The van der Waals surface area contributed by atoms with Crippen LogP contribution >= 0.6 is 0 Å². The first-order valence-electron chi connectivity index (χ1n) is 6.56. The molecule has 1 aromatic rings. The van der Waals surface area contributed by atoms with E-state index in [9.17, 15) is 18.0 Å². The topological polar surface area (TPSA) is 59.0 Å². The van der Waals surface area contributed by atoms with Crippen molar-refractivity contribution in [2.75, 3.05) is 6.54 Å². The number of carbonyl (C=O) groups is 1. The molecule has 1 aliphatic carbocycles. The number of rotatable bonds is 3. The monoisotopic (exact) mass is 290 g/mol. The molecule has 1 heterocycles. The SMILES string of the molecule is O=C(NCC(F)(F)F)N[C@H]1CCCC[C@H]1n1cccn1. The minimum Gasteiger partial charge on any atom is -0.333 e. The third-order valence-electron chi connectivity index (χ3n) is 3.36. The summed E-state index contributed by atoms with van der Waals surface area (Å²) < 4.78 is 37.9. The molecule has 0 radical (unpaired) electrons. The maximum atomic E-state index is 12.0. The van der Waals surface area contributed by atoms with Crippen LogP contribution in [-0.2, 0) is 0 Å². The molecule has 1 aromatic heterocycles. The van der Waals surface area contributed by atoms with Crippen LogP contribution in [0.5, 0.6) is 0 Å². The lowest BCUT2D eigenvalue weighted by Crippen LogP contribution is -2.49. The van der Waals surface area contributed by atoms with Gasteiger partial charge in [0.25, 0.3) is 0 Å². The molecule has 1 aliphatic rings. The van der Waals surface area contributed by atoms with Gasteiger partial charge in [-0.15, -0.1) is 0 Å². The van der Waals surface area contributed by atoms with E-state index in [0.717, 1.165) is 25.7 Å². The Morgan fingerprint density at radius 2 is 2.10 bits per heavy atom. The van der Waals surface area contributed by atoms with Crippen LogP contribution in [0.1, 0.15) is 31.7 Å². The van der Waals surface area contributed by atoms with Gasteiger partial charge in [-0.2, -0.15) is 18.3 Å². The lowest BCUT2D eigenvalue weighted by Gasteiger charge is -2.32. The zero-order valence-electron chi connectivity index (χ0n) is 10.9. The zero-order chi connectivity index (χ0) is 14.6. The quantitative estimate of drug-likeness (QED) is 0.897. The molecule has 2 amide bonds. The highest BCUT2D eigenvalue weighted by atomic mass is 19.4.